The van der Waals surface area contributed by atoms with E-state index in [4.69, 9.17) is 9.47 Å². The summed E-state index contributed by atoms with van der Waals surface area (Å²) >= 11 is 0. The minimum Gasteiger partial charge on any atom is -0.444 e. The van der Waals surface area contributed by atoms with E-state index in [2.05, 4.69) is 79.4 Å². The molecule has 1 saturated heterocycles. The van der Waals surface area contributed by atoms with Gasteiger partial charge in [-0.1, -0.05) is 60.7 Å². The SMILES string of the molecule is CC1CC(OCC[C@H]2CC[C@H](N(Cc3ccccc3)Cc3ccccc3)CC2)CC(C)N1C(=O)OC(C)(C)C. The Kier molecular flexibility index (Phi) is 10.5. The molecule has 214 valence electrons. The molecule has 0 N–H and O–H groups in total. The predicted octanol–water partition coefficient (Wildman–Crippen LogP) is 7.83. The highest BCUT2D eigenvalue weighted by molar-refractivity contribution is 5.69. The zero-order valence-electron chi connectivity index (χ0n) is 24.9. The summed E-state index contributed by atoms with van der Waals surface area (Å²) in [4.78, 5) is 17.3. The van der Waals surface area contributed by atoms with Gasteiger partial charge in [0.2, 0.25) is 0 Å². The van der Waals surface area contributed by atoms with Crippen LogP contribution in [0, 0.1) is 5.92 Å². The van der Waals surface area contributed by atoms with Crippen LogP contribution in [0.5, 0.6) is 0 Å². The van der Waals surface area contributed by atoms with Crippen LogP contribution in [-0.2, 0) is 22.6 Å². The van der Waals surface area contributed by atoms with Gasteiger partial charge in [-0.15, -0.1) is 0 Å². The van der Waals surface area contributed by atoms with Gasteiger partial charge in [0, 0.05) is 37.8 Å². The van der Waals surface area contributed by atoms with Crippen molar-refractivity contribution in [3.05, 3.63) is 71.8 Å². The van der Waals surface area contributed by atoms with E-state index in [0.29, 0.717) is 6.04 Å². The van der Waals surface area contributed by atoms with Gasteiger partial charge in [-0.25, -0.2) is 4.79 Å². The number of rotatable bonds is 9. The first kappa shape index (κ1) is 29.6. The van der Waals surface area contributed by atoms with Crippen LogP contribution in [0.3, 0.4) is 0 Å². The van der Waals surface area contributed by atoms with Gasteiger partial charge in [-0.05, 0) is 96.6 Å². The molecule has 0 aromatic heterocycles. The van der Waals surface area contributed by atoms with Crippen LogP contribution in [0.25, 0.3) is 0 Å². The lowest BCUT2D eigenvalue weighted by Gasteiger charge is -2.42. The molecule has 1 saturated carbocycles. The highest BCUT2D eigenvalue weighted by Crippen LogP contribution is 2.32. The average Bonchev–Trinajstić information content (AvgIpc) is 2.88. The second-order valence-electron chi connectivity index (χ2n) is 12.9. The van der Waals surface area contributed by atoms with E-state index < -0.39 is 5.60 Å². The second kappa shape index (κ2) is 13.8. The molecule has 5 nitrogen and oxygen atoms in total. The number of piperidine rings is 1. The molecule has 2 aliphatic rings. The van der Waals surface area contributed by atoms with Crippen molar-refractivity contribution in [3.63, 3.8) is 0 Å². The molecule has 2 aromatic carbocycles. The summed E-state index contributed by atoms with van der Waals surface area (Å²) in [5.41, 5.74) is 2.32. The van der Waals surface area contributed by atoms with Gasteiger partial charge < -0.3 is 14.4 Å². The van der Waals surface area contributed by atoms with Gasteiger partial charge in [0.25, 0.3) is 0 Å². The topological polar surface area (TPSA) is 42.0 Å². The third-order valence-electron chi connectivity index (χ3n) is 8.43. The van der Waals surface area contributed by atoms with Gasteiger partial charge in [-0.2, -0.15) is 0 Å². The summed E-state index contributed by atoms with van der Waals surface area (Å²) in [6, 6.07) is 22.7. The molecule has 0 bridgehead atoms. The molecular weight excluding hydrogens is 484 g/mol. The van der Waals surface area contributed by atoms with E-state index in [1.807, 2.05) is 25.7 Å². The molecule has 1 amide bonds. The van der Waals surface area contributed by atoms with Crippen molar-refractivity contribution in [1.82, 2.24) is 9.80 Å². The van der Waals surface area contributed by atoms with Crippen LogP contribution < -0.4 is 0 Å². The minimum absolute atomic E-state index is 0.129. The van der Waals surface area contributed by atoms with Crippen molar-refractivity contribution in [2.24, 2.45) is 5.92 Å². The molecule has 0 radical (unpaired) electrons. The summed E-state index contributed by atoms with van der Waals surface area (Å²) in [5, 5.41) is 0. The van der Waals surface area contributed by atoms with E-state index in [1.165, 1.54) is 36.8 Å². The maximum absolute atomic E-state index is 12.7. The molecule has 2 atom stereocenters. The number of amides is 1. The Balaban J connectivity index is 1.22. The third kappa shape index (κ3) is 9.08. The molecule has 4 rings (SSSR count). The minimum atomic E-state index is -0.469. The molecule has 2 aromatic rings. The number of nitrogens with zero attached hydrogens (tertiary/aromatic N) is 2. The molecule has 1 aliphatic carbocycles. The van der Waals surface area contributed by atoms with Crippen molar-refractivity contribution in [1.29, 1.82) is 0 Å². The Morgan fingerprint density at radius 3 is 1.85 bits per heavy atom. The lowest BCUT2D eigenvalue weighted by molar-refractivity contribution is -0.0486. The fourth-order valence-electron chi connectivity index (χ4n) is 6.48. The second-order valence-corrected chi connectivity index (χ2v) is 12.9. The highest BCUT2D eigenvalue weighted by atomic mass is 16.6. The first-order chi connectivity index (χ1) is 18.7. The summed E-state index contributed by atoms with van der Waals surface area (Å²) < 4.78 is 12.0. The quantitative estimate of drug-likeness (QED) is 0.329. The van der Waals surface area contributed by atoms with Crippen molar-refractivity contribution in [3.8, 4) is 0 Å². The van der Waals surface area contributed by atoms with Gasteiger partial charge in [0.1, 0.15) is 5.60 Å². The van der Waals surface area contributed by atoms with Gasteiger partial charge in [0.15, 0.2) is 0 Å². The van der Waals surface area contributed by atoms with Gasteiger partial charge in [-0.3, -0.25) is 4.90 Å². The Bertz CT molecular complexity index is 945. The standard InChI is InChI=1S/C34H50N2O3/c1-26-22-32(23-27(2)36(26)33(37)39-34(3,4)5)38-21-20-28-16-18-31(19-17-28)35(24-29-12-8-6-9-13-29)25-30-14-10-7-11-15-30/h6-15,26-28,31-32H,16-25H2,1-5H3/t26?,27?,28-,31-,32?. The lowest BCUT2D eigenvalue weighted by atomic mass is 9.83. The van der Waals surface area contributed by atoms with Crippen molar-refractivity contribution in [2.75, 3.05) is 6.61 Å². The Morgan fingerprint density at radius 2 is 1.36 bits per heavy atom. The van der Waals surface area contributed by atoms with Gasteiger partial charge in [0.05, 0.1) is 6.10 Å². The summed E-state index contributed by atoms with van der Waals surface area (Å²) in [6.45, 7) is 12.8. The molecule has 1 aliphatic heterocycles. The number of ether oxygens (including phenoxy) is 2. The molecule has 39 heavy (non-hydrogen) atoms. The average molecular weight is 535 g/mol. The van der Waals surface area contributed by atoms with E-state index in [9.17, 15) is 4.79 Å². The molecule has 2 unspecified atom stereocenters. The first-order valence-corrected chi connectivity index (χ1v) is 15.1. The van der Waals surface area contributed by atoms with E-state index in [1.54, 1.807) is 0 Å². The predicted molar refractivity (Wildman–Crippen MR) is 158 cm³/mol. The fourth-order valence-corrected chi connectivity index (χ4v) is 6.48. The number of benzene rings is 2. The third-order valence-corrected chi connectivity index (χ3v) is 8.43. The number of carbonyl (C=O) groups excluding carboxylic acids is 1. The highest BCUT2D eigenvalue weighted by Gasteiger charge is 2.37. The summed E-state index contributed by atoms with van der Waals surface area (Å²) in [7, 11) is 0. The zero-order chi connectivity index (χ0) is 27.8. The molecule has 5 heteroatoms. The molecule has 1 heterocycles. The normalized spacial score (nSPS) is 26.0. The van der Waals surface area contributed by atoms with E-state index in [-0.39, 0.29) is 24.3 Å². The van der Waals surface area contributed by atoms with Crippen LogP contribution in [-0.4, -0.2) is 52.3 Å². The zero-order valence-corrected chi connectivity index (χ0v) is 24.9. The smallest absolute Gasteiger partial charge is 0.410 e. The monoisotopic (exact) mass is 534 g/mol. The largest absolute Gasteiger partial charge is 0.444 e. The van der Waals surface area contributed by atoms with E-state index in [0.717, 1.165) is 44.9 Å². The van der Waals surface area contributed by atoms with Crippen LogP contribution >= 0.6 is 0 Å². The number of hydrogen-bond donors (Lipinski definition) is 0. The van der Waals surface area contributed by atoms with Crippen LogP contribution in [0.1, 0.15) is 90.7 Å². The van der Waals surface area contributed by atoms with Crippen LogP contribution in [0.4, 0.5) is 4.79 Å². The van der Waals surface area contributed by atoms with Crippen molar-refractivity contribution in [2.45, 2.75) is 122 Å². The Morgan fingerprint density at radius 1 is 0.846 bits per heavy atom. The first-order valence-electron chi connectivity index (χ1n) is 15.1. The van der Waals surface area contributed by atoms with Crippen LogP contribution in [0.15, 0.2) is 60.7 Å². The fraction of sp³-hybridized carbons (Fsp3) is 0.618. The van der Waals surface area contributed by atoms with Crippen molar-refractivity contribution >= 4 is 6.09 Å². The molecule has 0 spiro atoms. The van der Waals surface area contributed by atoms with Crippen molar-refractivity contribution < 1.29 is 14.3 Å². The number of hydrogen-bond acceptors (Lipinski definition) is 4. The van der Waals surface area contributed by atoms with Crippen LogP contribution in [0.2, 0.25) is 0 Å². The maximum Gasteiger partial charge on any atom is 0.410 e. The summed E-state index contributed by atoms with van der Waals surface area (Å²) in [5.74, 6) is 0.744. The maximum atomic E-state index is 12.7. The molecule has 2 fully saturated rings. The van der Waals surface area contributed by atoms with E-state index >= 15 is 0 Å². The Labute approximate surface area is 236 Å². The van der Waals surface area contributed by atoms with Gasteiger partial charge >= 0.3 is 6.09 Å². The molecular formula is C34H50N2O3. The number of likely N-dealkylation sites (tertiary alicyclic amines) is 1. The Hall–Kier alpha value is -2.37. The summed E-state index contributed by atoms with van der Waals surface area (Å²) in [6.07, 6.45) is 7.98. The lowest BCUT2D eigenvalue weighted by Crippen LogP contribution is -2.53. The number of carbonyl (C=O) groups is 1.